The molecular formula is C22H15ClF4N6O. The molecule has 1 unspecified atom stereocenters. The minimum Gasteiger partial charge on any atom is -0.340 e. The van der Waals surface area contributed by atoms with E-state index in [1.165, 1.54) is 29.4 Å². The summed E-state index contributed by atoms with van der Waals surface area (Å²) in [5.41, 5.74) is -0.0742. The fourth-order valence-electron chi connectivity index (χ4n) is 4.06. The number of hydrogen-bond acceptors (Lipinski definition) is 4. The Hall–Kier alpha value is -3.73. The molecule has 0 bridgehead atoms. The summed E-state index contributed by atoms with van der Waals surface area (Å²) >= 11 is 5.81. The van der Waals surface area contributed by atoms with Gasteiger partial charge in [-0.3, -0.25) is 4.79 Å². The number of carbonyl (C=O) groups excluding carboxylic acids is 1. The summed E-state index contributed by atoms with van der Waals surface area (Å²) < 4.78 is 54.6. The number of amides is 1. The summed E-state index contributed by atoms with van der Waals surface area (Å²) in [6, 6.07) is 5.40. The molecule has 0 spiro atoms. The van der Waals surface area contributed by atoms with Crippen LogP contribution in [0, 0.1) is 5.82 Å². The zero-order valence-corrected chi connectivity index (χ0v) is 18.0. The Labute approximate surface area is 194 Å². The Morgan fingerprint density at radius 1 is 1.21 bits per heavy atom. The number of likely N-dealkylation sites (tertiary alicyclic amines) is 1. The zero-order valence-electron chi connectivity index (χ0n) is 17.3. The summed E-state index contributed by atoms with van der Waals surface area (Å²) in [6.07, 6.45) is -1.54. The third-order valence-electron chi connectivity index (χ3n) is 5.56. The van der Waals surface area contributed by atoms with Gasteiger partial charge in [-0.1, -0.05) is 29.8 Å². The minimum atomic E-state index is -4.64. The molecule has 0 aliphatic carbocycles. The van der Waals surface area contributed by atoms with E-state index in [1.807, 2.05) is 0 Å². The second kappa shape index (κ2) is 7.94. The molecule has 0 saturated carbocycles. The van der Waals surface area contributed by atoms with E-state index >= 15 is 0 Å². The van der Waals surface area contributed by atoms with E-state index < -0.39 is 34.5 Å². The summed E-state index contributed by atoms with van der Waals surface area (Å²) in [5, 5.41) is 7.48. The SMILES string of the molecule is C=C1CC(c2nc3cc(Cl)c(C(F)(F)F)cc3[nH]2)N(C(=O)c2c(F)cccc2-n2nccn2)C1. The molecule has 7 nitrogen and oxygen atoms in total. The lowest BCUT2D eigenvalue weighted by Crippen LogP contribution is -2.33. The maximum Gasteiger partial charge on any atom is 0.417 e. The smallest absolute Gasteiger partial charge is 0.340 e. The van der Waals surface area contributed by atoms with Crippen LogP contribution in [-0.4, -0.2) is 42.3 Å². The van der Waals surface area contributed by atoms with Crippen molar-refractivity contribution in [2.75, 3.05) is 6.54 Å². The number of halogens is 5. The largest absolute Gasteiger partial charge is 0.417 e. The maximum absolute atomic E-state index is 14.9. The van der Waals surface area contributed by atoms with E-state index in [2.05, 4.69) is 26.7 Å². The van der Waals surface area contributed by atoms with Gasteiger partial charge in [0.2, 0.25) is 0 Å². The zero-order chi connectivity index (χ0) is 24.2. The monoisotopic (exact) mass is 490 g/mol. The number of alkyl halides is 3. The van der Waals surface area contributed by atoms with Crippen LogP contribution >= 0.6 is 11.6 Å². The number of H-pyrrole nitrogens is 1. The first-order chi connectivity index (χ1) is 16.1. The van der Waals surface area contributed by atoms with Crippen molar-refractivity contribution in [3.05, 3.63) is 82.7 Å². The van der Waals surface area contributed by atoms with Crippen LogP contribution in [0.1, 0.15) is 34.2 Å². The van der Waals surface area contributed by atoms with Gasteiger partial charge >= 0.3 is 6.18 Å². The van der Waals surface area contributed by atoms with Gasteiger partial charge in [0.25, 0.3) is 5.91 Å². The van der Waals surface area contributed by atoms with E-state index in [0.29, 0.717) is 12.0 Å². The van der Waals surface area contributed by atoms with Crippen LogP contribution in [-0.2, 0) is 6.18 Å². The second-order valence-electron chi connectivity index (χ2n) is 7.82. The van der Waals surface area contributed by atoms with E-state index in [4.69, 9.17) is 11.6 Å². The van der Waals surface area contributed by atoms with Crippen molar-refractivity contribution in [3.63, 3.8) is 0 Å². The summed E-state index contributed by atoms with van der Waals surface area (Å²) in [4.78, 5) is 23.3. The Morgan fingerprint density at radius 3 is 2.65 bits per heavy atom. The Balaban J connectivity index is 1.56. The van der Waals surface area contributed by atoms with E-state index in [9.17, 15) is 22.4 Å². The van der Waals surface area contributed by atoms with E-state index in [-0.39, 0.29) is 34.7 Å². The third-order valence-corrected chi connectivity index (χ3v) is 5.88. The molecule has 1 aliphatic heterocycles. The predicted octanol–water partition coefficient (Wildman–Crippen LogP) is 5.10. The second-order valence-corrected chi connectivity index (χ2v) is 8.23. The van der Waals surface area contributed by atoms with Gasteiger partial charge in [0, 0.05) is 6.54 Å². The fraction of sp³-hybridized carbons (Fsp3) is 0.182. The van der Waals surface area contributed by atoms with Crippen LogP contribution in [0.3, 0.4) is 0 Å². The molecule has 3 heterocycles. The number of aromatic amines is 1. The van der Waals surface area contributed by atoms with Gasteiger partial charge in [-0.05, 0) is 30.7 Å². The summed E-state index contributed by atoms with van der Waals surface area (Å²) in [5.74, 6) is -1.17. The highest BCUT2D eigenvalue weighted by Crippen LogP contribution is 2.39. The lowest BCUT2D eigenvalue weighted by Gasteiger charge is -2.24. The quantitative estimate of drug-likeness (QED) is 0.320. The standard InChI is InChI=1S/C22H15ClF4N6O/c1-11-7-18(20-30-15-8-12(22(25,26)27)13(23)9-16(15)31-20)32(10-11)21(34)19-14(24)3-2-4-17(19)33-28-5-6-29-33/h2-6,8-9,18H,1,7,10H2,(H,30,31). The third kappa shape index (κ3) is 3.71. The topological polar surface area (TPSA) is 79.7 Å². The number of hydrogen-bond donors (Lipinski definition) is 1. The molecule has 1 amide bonds. The van der Waals surface area contributed by atoms with Crippen molar-refractivity contribution < 1.29 is 22.4 Å². The Kier molecular flexibility index (Phi) is 5.16. The average Bonchev–Trinajstić information content (AvgIpc) is 3.51. The lowest BCUT2D eigenvalue weighted by atomic mass is 10.1. The van der Waals surface area contributed by atoms with Crippen molar-refractivity contribution in [2.24, 2.45) is 0 Å². The van der Waals surface area contributed by atoms with Gasteiger partial charge in [-0.25, -0.2) is 9.37 Å². The highest BCUT2D eigenvalue weighted by Gasteiger charge is 2.38. The van der Waals surface area contributed by atoms with Gasteiger partial charge in [0.05, 0.1) is 40.1 Å². The molecule has 174 valence electrons. The first-order valence-corrected chi connectivity index (χ1v) is 10.4. The minimum absolute atomic E-state index is 0.115. The Bertz CT molecular complexity index is 1430. The van der Waals surface area contributed by atoms with Crippen molar-refractivity contribution in [3.8, 4) is 5.69 Å². The summed E-state index contributed by atoms with van der Waals surface area (Å²) in [6.45, 7) is 4.06. The first-order valence-electron chi connectivity index (χ1n) is 10.0. The van der Waals surface area contributed by atoms with Gasteiger partial charge in [0.1, 0.15) is 22.9 Å². The van der Waals surface area contributed by atoms with Gasteiger partial charge in [-0.15, -0.1) is 0 Å². The van der Waals surface area contributed by atoms with Crippen LogP contribution in [0.4, 0.5) is 17.6 Å². The van der Waals surface area contributed by atoms with Crippen molar-refractivity contribution in [1.29, 1.82) is 0 Å². The van der Waals surface area contributed by atoms with Crippen LogP contribution in [0.2, 0.25) is 5.02 Å². The van der Waals surface area contributed by atoms with Crippen molar-refractivity contribution in [2.45, 2.75) is 18.6 Å². The molecule has 5 rings (SSSR count). The predicted molar refractivity (Wildman–Crippen MR) is 115 cm³/mol. The average molecular weight is 491 g/mol. The highest BCUT2D eigenvalue weighted by atomic mass is 35.5. The molecule has 1 fully saturated rings. The number of aromatic nitrogens is 5. The highest BCUT2D eigenvalue weighted by molar-refractivity contribution is 6.32. The molecule has 1 atom stereocenters. The molecule has 0 radical (unpaired) electrons. The number of nitrogens with one attached hydrogen (secondary N) is 1. The number of imidazole rings is 1. The number of fused-ring (bicyclic) bond motifs is 1. The first kappa shape index (κ1) is 22.1. The van der Waals surface area contributed by atoms with Gasteiger partial charge < -0.3 is 9.88 Å². The fourth-order valence-corrected chi connectivity index (χ4v) is 4.32. The molecule has 12 heteroatoms. The van der Waals surface area contributed by atoms with Gasteiger partial charge in [-0.2, -0.15) is 28.2 Å². The molecular weight excluding hydrogens is 476 g/mol. The van der Waals surface area contributed by atoms with Gasteiger partial charge in [0.15, 0.2) is 0 Å². The van der Waals surface area contributed by atoms with Crippen molar-refractivity contribution >= 4 is 28.5 Å². The number of rotatable bonds is 3. The van der Waals surface area contributed by atoms with Crippen LogP contribution in [0.5, 0.6) is 0 Å². The molecule has 4 aromatic rings. The number of nitrogens with zero attached hydrogens (tertiary/aromatic N) is 5. The van der Waals surface area contributed by atoms with E-state index in [1.54, 1.807) is 0 Å². The molecule has 1 saturated heterocycles. The molecule has 34 heavy (non-hydrogen) atoms. The molecule has 2 aromatic carbocycles. The molecule has 1 N–H and O–H groups in total. The number of carbonyl (C=O) groups is 1. The normalized spacial score (nSPS) is 16.6. The number of benzene rings is 2. The van der Waals surface area contributed by atoms with Crippen molar-refractivity contribution in [1.82, 2.24) is 29.9 Å². The molecule has 1 aliphatic rings. The maximum atomic E-state index is 14.9. The molecule has 2 aromatic heterocycles. The summed E-state index contributed by atoms with van der Waals surface area (Å²) in [7, 11) is 0. The van der Waals surface area contributed by atoms with Crippen LogP contribution < -0.4 is 0 Å². The van der Waals surface area contributed by atoms with E-state index in [0.717, 1.165) is 23.0 Å². The van der Waals surface area contributed by atoms with Crippen LogP contribution in [0.25, 0.3) is 16.7 Å². The lowest BCUT2D eigenvalue weighted by molar-refractivity contribution is -0.137. The Morgan fingerprint density at radius 2 is 1.94 bits per heavy atom. The van der Waals surface area contributed by atoms with Crippen LogP contribution in [0.15, 0.2) is 54.9 Å².